The summed E-state index contributed by atoms with van der Waals surface area (Å²) in [4.78, 5) is 0. The Kier molecular flexibility index (Phi) is 5.63. The zero-order chi connectivity index (χ0) is 14.2. The summed E-state index contributed by atoms with van der Waals surface area (Å²) < 4.78 is 0. The van der Waals surface area contributed by atoms with Crippen molar-refractivity contribution in [1.82, 2.24) is 0 Å². The first-order valence-electron chi connectivity index (χ1n) is 7.35. The van der Waals surface area contributed by atoms with Gasteiger partial charge in [0, 0.05) is 12.2 Å². The fraction of sp³-hybridized carbons (Fsp3) is 0.333. The minimum Gasteiger partial charge on any atom is -0.385 e. The molecule has 0 fully saturated rings. The molecule has 20 heavy (non-hydrogen) atoms. The largest absolute Gasteiger partial charge is 0.385 e. The van der Waals surface area contributed by atoms with E-state index in [1.807, 2.05) is 0 Å². The summed E-state index contributed by atoms with van der Waals surface area (Å²) in [6, 6.07) is 19.1. The summed E-state index contributed by atoms with van der Waals surface area (Å²) in [6.07, 6.45) is 2.03. The highest BCUT2D eigenvalue weighted by Crippen LogP contribution is 2.19. The first-order chi connectivity index (χ1) is 9.79. The van der Waals surface area contributed by atoms with E-state index >= 15 is 0 Å². The molecule has 0 aliphatic rings. The van der Waals surface area contributed by atoms with Gasteiger partial charge >= 0.3 is 0 Å². The van der Waals surface area contributed by atoms with Gasteiger partial charge in [-0.3, -0.25) is 0 Å². The number of para-hydroxylation sites is 1. The van der Waals surface area contributed by atoms with Crippen molar-refractivity contribution in [3.8, 4) is 0 Å². The van der Waals surface area contributed by atoms with Gasteiger partial charge in [-0.1, -0.05) is 55.5 Å². The maximum Gasteiger partial charge on any atom is 0.0376 e. The van der Waals surface area contributed by atoms with Crippen LogP contribution in [0.4, 0.5) is 5.69 Å². The average molecular weight is 268 g/mol. The van der Waals surface area contributed by atoms with E-state index in [1.54, 1.807) is 0 Å². The van der Waals surface area contributed by atoms with Crippen molar-refractivity contribution in [3.63, 3.8) is 0 Å². The molecule has 1 atom stereocenters. The van der Waals surface area contributed by atoms with Crippen molar-refractivity contribution in [2.75, 3.05) is 18.4 Å². The van der Waals surface area contributed by atoms with E-state index in [0.29, 0.717) is 5.92 Å². The van der Waals surface area contributed by atoms with Gasteiger partial charge in [-0.15, -0.1) is 0 Å². The number of hydrogen-bond donors (Lipinski definition) is 2. The zero-order valence-electron chi connectivity index (χ0n) is 12.2. The van der Waals surface area contributed by atoms with Gasteiger partial charge in [-0.25, -0.2) is 0 Å². The highest BCUT2D eigenvalue weighted by atomic mass is 14.9. The van der Waals surface area contributed by atoms with E-state index in [1.165, 1.54) is 16.8 Å². The maximum atomic E-state index is 5.60. The Bertz CT molecular complexity index is 508. The first-order valence-corrected chi connectivity index (χ1v) is 7.35. The fourth-order valence-electron chi connectivity index (χ4n) is 2.33. The quantitative estimate of drug-likeness (QED) is 0.804. The molecule has 2 nitrogen and oxygen atoms in total. The van der Waals surface area contributed by atoms with Gasteiger partial charge in [0.2, 0.25) is 0 Å². The van der Waals surface area contributed by atoms with Crippen LogP contribution in [0, 0.1) is 5.92 Å². The summed E-state index contributed by atoms with van der Waals surface area (Å²) in [5, 5.41) is 3.56. The zero-order valence-corrected chi connectivity index (χ0v) is 12.2. The predicted molar refractivity (Wildman–Crippen MR) is 87.0 cm³/mol. The summed E-state index contributed by atoms with van der Waals surface area (Å²) in [7, 11) is 0. The van der Waals surface area contributed by atoms with Gasteiger partial charge in [-0.05, 0) is 42.5 Å². The Morgan fingerprint density at radius 2 is 1.70 bits per heavy atom. The molecular formula is C18H24N2. The van der Waals surface area contributed by atoms with E-state index in [9.17, 15) is 0 Å². The van der Waals surface area contributed by atoms with Crippen LogP contribution in [-0.2, 0) is 6.42 Å². The monoisotopic (exact) mass is 268 g/mol. The summed E-state index contributed by atoms with van der Waals surface area (Å²) >= 11 is 0. The molecule has 0 saturated carbocycles. The lowest BCUT2D eigenvalue weighted by Gasteiger charge is -2.15. The number of nitrogens with two attached hydrogens (primary N) is 1. The van der Waals surface area contributed by atoms with Crippen molar-refractivity contribution >= 4 is 5.69 Å². The van der Waals surface area contributed by atoms with E-state index < -0.39 is 0 Å². The lowest BCUT2D eigenvalue weighted by molar-refractivity contribution is 0.568. The maximum absolute atomic E-state index is 5.60. The Morgan fingerprint density at radius 1 is 1.00 bits per heavy atom. The lowest BCUT2D eigenvalue weighted by Crippen LogP contribution is -2.15. The molecule has 3 N–H and O–H groups in total. The van der Waals surface area contributed by atoms with Crippen LogP contribution in [0.5, 0.6) is 0 Å². The molecule has 0 saturated heterocycles. The van der Waals surface area contributed by atoms with Crippen molar-refractivity contribution in [3.05, 3.63) is 65.7 Å². The second-order valence-corrected chi connectivity index (χ2v) is 5.38. The average Bonchev–Trinajstić information content (AvgIpc) is 2.48. The minimum atomic E-state index is 0.602. The summed E-state index contributed by atoms with van der Waals surface area (Å²) in [5.74, 6) is 0.602. The number of hydrogen-bond acceptors (Lipinski definition) is 2. The summed E-state index contributed by atoms with van der Waals surface area (Å²) in [5.41, 5.74) is 9.53. The third-order valence-electron chi connectivity index (χ3n) is 3.56. The second-order valence-electron chi connectivity index (χ2n) is 5.38. The molecule has 0 aliphatic carbocycles. The Morgan fingerprint density at radius 3 is 2.45 bits per heavy atom. The number of nitrogens with one attached hydrogen (secondary N) is 1. The third-order valence-corrected chi connectivity index (χ3v) is 3.56. The first kappa shape index (κ1) is 14.6. The van der Waals surface area contributed by atoms with Crippen LogP contribution in [0.15, 0.2) is 54.6 Å². The lowest BCUT2D eigenvalue weighted by atomic mass is 10.0. The molecule has 2 aromatic rings. The molecule has 0 amide bonds. The normalized spacial score (nSPS) is 12.1. The topological polar surface area (TPSA) is 38.0 Å². The molecule has 0 aliphatic heterocycles. The molecule has 106 valence electrons. The molecule has 0 spiro atoms. The van der Waals surface area contributed by atoms with Crippen LogP contribution >= 0.6 is 0 Å². The highest BCUT2D eigenvalue weighted by Gasteiger charge is 2.05. The predicted octanol–water partition coefficient (Wildman–Crippen LogP) is 3.67. The molecule has 0 heterocycles. The molecule has 2 rings (SSSR count). The molecular weight excluding hydrogens is 244 g/mol. The van der Waals surface area contributed by atoms with E-state index in [-0.39, 0.29) is 0 Å². The van der Waals surface area contributed by atoms with Crippen molar-refractivity contribution in [2.24, 2.45) is 11.7 Å². The van der Waals surface area contributed by atoms with Crippen LogP contribution < -0.4 is 11.1 Å². The van der Waals surface area contributed by atoms with Gasteiger partial charge in [-0.2, -0.15) is 0 Å². The molecule has 2 aromatic carbocycles. The van der Waals surface area contributed by atoms with Gasteiger partial charge in [0.1, 0.15) is 0 Å². The second kappa shape index (κ2) is 7.71. The van der Waals surface area contributed by atoms with Crippen molar-refractivity contribution in [2.45, 2.75) is 19.8 Å². The molecule has 0 aromatic heterocycles. The standard InChI is InChI=1S/C18H24N2/c1-15(11-12-19)14-20-18-10-6-5-9-17(18)13-16-7-3-2-4-8-16/h2-10,15,20H,11-14,19H2,1H3. The van der Waals surface area contributed by atoms with E-state index in [2.05, 4.69) is 66.8 Å². The Balaban J connectivity index is 2.02. The number of anilines is 1. The minimum absolute atomic E-state index is 0.602. The SMILES string of the molecule is CC(CCN)CNc1ccccc1Cc1ccccc1. The van der Waals surface area contributed by atoms with E-state index in [4.69, 9.17) is 5.73 Å². The Hall–Kier alpha value is -1.80. The highest BCUT2D eigenvalue weighted by molar-refractivity contribution is 5.52. The third kappa shape index (κ3) is 4.39. The molecule has 2 heteroatoms. The van der Waals surface area contributed by atoms with E-state index in [0.717, 1.165) is 25.9 Å². The van der Waals surface area contributed by atoms with Crippen LogP contribution in [0.3, 0.4) is 0 Å². The van der Waals surface area contributed by atoms with Crippen molar-refractivity contribution < 1.29 is 0 Å². The van der Waals surface area contributed by atoms with Crippen LogP contribution in [0.1, 0.15) is 24.5 Å². The molecule has 0 radical (unpaired) electrons. The Labute approximate surface area is 122 Å². The van der Waals surface area contributed by atoms with Crippen LogP contribution in [-0.4, -0.2) is 13.1 Å². The van der Waals surface area contributed by atoms with Crippen molar-refractivity contribution in [1.29, 1.82) is 0 Å². The smallest absolute Gasteiger partial charge is 0.0376 e. The molecule has 1 unspecified atom stereocenters. The number of benzene rings is 2. The van der Waals surface area contributed by atoms with Gasteiger partial charge in [0.25, 0.3) is 0 Å². The van der Waals surface area contributed by atoms with Crippen LogP contribution in [0.25, 0.3) is 0 Å². The van der Waals surface area contributed by atoms with Gasteiger partial charge < -0.3 is 11.1 Å². The van der Waals surface area contributed by atoms with Crippen LogP contribution in [0.2, 0.25) is 0 Å². The fourth-order valence-corrected chi connectivity index (χ4v) is 2.33. The summed E-state index contributed by atoms with van der Waals surface area (Å²) in [6.45, 7) is 3.97. The van der Waals surface area contributed by atoms with Gasteiger partial charge in [0.15, 0.2) is 0 Å². The number of rotatable bonds is 7. The molecule has 0 bridgehead atoms. The van der Waals surface area contributed by atoms with Gasteiger partial charge in [0.05, 0.1) is 0 Å².